The van der Waals surface area contributed by atoms with Crippen LogP contribution in [0.3, 0.4) is 0 Å². The van der Waals surface area contributed by atoms with Crippen LogP contribution < -0.4 is 0 Å². The molecule has 0 amide bonds. The lowest BCUT2D eigenvalue weighted by atomic mass is 9.97. The molecule has 16 heavy (non-hydrogen) atoms. The van der Waals surface area contributed by atoms with Gasteiger partial charge in [0.2, 0.25) is 0 Å². The number of aryl methyl sites for hydroxylation is 1. The summed E-state index contributed by atoms with van der Waals surface area (Å²) in [5, 5.41) is 7.08. The number of hydrogen-bond donors (Lipinski definition) is 1. The van der Waals surface area contributed by atoms with Gasteiger partial charge >= 0.3 is 0 Å². The van der Waals surface area contributed by atoms with Gasteiger partial charge in [0.25, 0.3) is 0 Å². The van der Waals surface area contributed by atoms with Gasteiger partial charge in [-0.3, -0.25) is 5.10 Å². The fraction of sp³-hybridized carbons (Fsp3) is 0.400. The van der Waals surface area contributed by atoms with E-state index in [2.05, 4.69) is 25.1 Å². The monoisotopic (exact) mass is 235 g/mol. The van der Waals surface area contributed by atoms with Crippen molar-refractivity contribution < 1.29 is 0 Å². The van der Waals surface area contributed by atoms with Crippen molar-refractivity contribution in [2.24, 2.45) is 0 Å². The number of aromatic nitrogens is 5. The lowest BCUT2D eigenvalue weighted by molar-refractivity contribution is 0.663. The van der Waals surface area contributed by atoms with Gasteiger partial charge in [0.15, 0.2) is 11.6 Å². The van der Waals surface area contributed by atoms with Crippen LogP contribution in [0.25, 0.3) is 11.6 Å². The van der Waals surface area contributed by atoms with E-state index in [4.69, 9.17) is 11.6 Å². The van der Waals surface area contributed by atoms with Crippen LogP contribution in [0.1, 0.15) is 24.1 Å². The van der Waals surface area contributed by atoms with E-state index in [1.165, 1.54) is 6.33 Å². The average molecular weight is 236 g/mol. The molecular weight excluding hydrogens is 226 g/mol. The Balaban J connectivity index is 2.12. The van der Waals surface area contributed by atoms with Crippen LogP contribution in [0.4, 0.5) is 0 Å². The first-order chi connectivity index (χ1) is 7.84. The third-order valence-corrected chi connectivity index (χ3v) is 3.07. The molecule has 1 aliphatic carbocycles. The number of rotatable bonds is 1. The Morgan fingerprint density at radius 2 is 2.06 bits per heavy atom. The molecule has 0 aliphatic heterocycles. The Labute approximate surface area is 97.3 Å². The van der Waals surface area contributed by atoms with Gasteiger partial charge in [-0.15, -0.1) is 0 Å². The summed E-state index contributed by atoms with van der Waals surface area (Å²) >= 11 is 6.15. The van der Waals surface area contributed by atoms with E-state index in [0.717, 1.165) is 36.9 Å². The highest BCUT2D eigenvalue weighted by Crippen LogP contribution is 2.26. The SMILES string of the molecule is Clc1nc(-c2ncn[nH]2)nc2c1CCCC2. The highest BCUT2D eigenvalue weighted by atomic mass is 35.5. The summed E-state index contributed by atoms with van der Waals surface area (Å²) in [4.78, 5) is 12.8. The maximum atomic E-state index is 6.15. The molecule has 1 aliphatic rings. The largest absolute Gasteiger partial charge is 0.257 e. The Morgan fingerprint density at radius 1 is 1.19 bits per heavy atom. The second-order valence-electron chi connectivity index (χ2n) is 3.80. The molecule has 0 spiro atoms. The molecule has 0 aromatic carbocycles. The van der Waals surface area contributed by atoms with Crippen molar-refractivity contribution >= 4 is 11.6 Å². The molecule has 0 saturated heterocycles. The van der Waals surface area contributed by atoms with Gasteiger partial charge in [-0.05, 0) is 25.7 Å². The standard InChI is InChI=1S/C10H10ClN5/c11-8-6-3-1-2-4-7(6)14-10(15-8)9-12-5-13-16-9/h5H,1-4H2,(H,12,13,16). The molecule has 0 unspecified atom stereocenters. The fourth-order valence-electron chi connectivity index (χ4n) is 1.97. The molecule has 1 N–H and O–H groups in total. The number of nitrogens with zero attached hydrogens (tertiary/aromatic N) is 4. The van der Waals surface area contributed by atoms with Crippen molar-refractivity contribution in [3.05, 3.63) is 22.7 Å². The number of nitrogens with one attached hydrogen (secondary N) is 1. The highest BCUT2D eigenvalue weighted by Gasteiger charge is 2.17. The third kappa shape index (κ3) is 1.57. The van der Waals surface area contributed by atoms with Gasteiger partial charge in [-0.2, -0.15) is 5.10 Å². The first-order valence-corrected chi connectivity index (χ1v) is 5.63. The first-order valence-electron chi connectivity index (χ1n) is 5.25. The van der Waals surface area contributed by atoms with Crippen LogP contribution in [0, 0.1) is 0 Å². The van der Waals surface area contributed by atoms with Gasteiger partial charge in [-0.25, -0.2) is 15.0 Å². The number of fused-ring (bicyclic) bond motifs is 1. The van der Waals surface area contributed by atoms with Crippen LogP contribution in [0.5, 0.6) is 0 Å². The van der Waals surface area contributed by atoms with E-state index >= 15 is 0 Å². The van der Waals surface area contributed by atoms with Crippen LogP contribution in [-0.4, -0.2) is 25.1 Å². The summed E-state index contributed by atoms with van der Waals surface area (Å²) in [7, 11) is 0. The average Bonchev–Trinajstić information content (AvgIpc) is 2.82. The topological polar surface area (TPSA) is 67.3 Å². The van der Waals surface area contributed by atoms with Gasteiger partial charge in [0.1, 0.15) is 11.5 Å². The Kier molecular flexibility index (Phi) is 2.32. The summed E-state index contributed by atoms with van der Waals surface area (Å²) in [5.41, 5.74) is 2.15. The predicted octanol–water partition coefficient (Wildman–Crippen LogP) is 1.79. The molecule has 0 radical (unpaired) electrons. The maximum Gasteiger partial charge on any atom is 0.198 e. The molecule has 0 atom stereocenters. The first kappa shape index (κ1) is 9.72. The number of hydrogen-bond acceptors (Lipinski definition) is 4. The van der Waals surface area contributed by atoms with E-state index in [0.29, 0.717) is 16.8 Å². The summed E-state index contributed by atoms with van der Waals surface area (Å²) in [6.45, 7) is 0. The lowest BCUT2D eigenvalue weighted by Crippen LogP contribution is -2.09. The zero-order valence-electron chi connectivity index (χ0n) is 8.57. The molecular formula is C10H10ClN5. The lowest BCUT2D eigenvalue weighted by Gasteiger charge is -2.15. The minimum atomic E-state index is 0.531. The number of halogens is 1. The highest BCUT2D eigenvalue weighted by molar-refractivity contribution is 6.30. The van der Waals surface area contributed by atoms with E-state index in [1.54, 1.807) is 0 Å². The van der Waals surface area contributed by atoms with E-state index < -0.39 is 0 Å². The predicted molar refractivity (Wildman–Crippen MR) is 59.1 cm³/mol. The molecule has 0 saturated carbocycles. The molecule has 2 aromatic heterocycles. The molecule has 3 rings (SSSR count). The van der Waals surface area contributed by atoms with E-state index in [1.807, 2.05) is 0 Å². The molecule has 5 nitrogen and oxygen atoms in total. The zero-order valence-corrected chi connectivity index (χ0v) is 9.33. The van der Waals surface area contributed by atoms with Crippen molar-refractivity contribution in [3.8, 4) is 11.6 Å². The van der Waals surface area contributed by atoms with Crippen molar-refractivity contribution in [2.45, 2.75) is 25.7 Å². The second kappa shape index (κ2) is 3.83. The summed E-state index contributed by atoms with van der Waals surface area (Å²) in [6, 6.07) is 0. The van der Waals surface area contributed by atoms with Crippen LogP contribution in [0.2, 0.25) is 5.15 Å². The third-order valence-electron chi connectivity index (χ3n) is 2.76. The minimum absolute atomic E-state index is 0.531. The van der Waals surface area contributed by atoms with E-state index in [9.17, 15) is 0 Å². The summed E-state index contributed by atoms with van der Waals surface area (Å²) in [6.07, 6.45) is 5.71. The van der Waals surface area contributed by atoms with Crippen molar-refractivity contribution in [2.75, 3.05) is 0 Å². The molecule has 82 valence electrons. The fourth-order valence-corrected chi connectivity index (χ4v) is 2.25. The molecule has 2 aromatic rings. The van der Waals surface area contributed by atoms with Gasteiger partial charge in [0, 0.05) is 11.3 Å². The number of H-pyrrole nitrogens is 1. The molecule has 6 heteroatoms. The quantitative estimate of drug-likeness (QED) is 0.766. The molecule has 0 fully saturated rings. The van der Waals surface area contributed by atoms with Gasteiger partial charge < -0.3 is 0 Å². The van der Waals surface area contributed by atoms with Crippen LogP contribution in [-0.2, 0) is 12.8 Å². The smallest absolute Gasteiger partial charge is 0.198 e. The van der Waals surface area contributed by atoms with Crippen molar-refractivity contribution in [3.63, 3.8) is 0 Å². The second-order valence-corrected chi connectivity index (χ2v) is 4.16. The molecule has 2 heterocycles. The number of aromatic amines is 1. The molecule has 0 bridgehead atoms. The Bertz CT molecular complexity index is 508. The van der Waals surface area contributed by atoms with Gasteiger partial charge in [0.05, 0.1) is 0 Å². The summed E-state index contributed by atoms with van der Waals surface area (Å²) < 4.78 is 0. The van der Waals surface area contributed by atoms with Gasteiger partial charge in [-0.1, -0.05) is 11.6 Å². The minimum Gasteiger partial charge on any atom is -0.257 e. The Morgan fingerprint density at radius 3 is 2.88 bits per heavy atom. The van der Waals surface area contributed by atoms with E-state index in [-0.39, 0.29) is 0 Å². The maximum absolute atomic E-state index is 6.15. The van der Waals surface area contributed by atoms with Crippen molar-refractivity contribution in [1.82, 2.24) is 25.1 Å². The summed E-state index contributed by atoms with van der Waals surface area (Å²) in [5.74, 6) is 1.10. The van der Waals surface area contributed by atoms with Crippen LogP contribution >= 0.6 is 11.6 Å². The van der Waals surface area contributed by atoms with Crippen LogP contribution in [0.15, 0.2) is 6.33 Å². The normalized spacial score (nSPS) is 14.8. The Hall–Kier alpha value is -1.49. The zero-order chi connectivity index (χ0) is 11.0. The van der Waals surface area contributed by atoms with Crippen molar-refractivity contribution in [1.29, 1.82) is 0 Å².